The van der Waals surface area contributed by atoms with Gasteiger partial charge in [0, 0.05) is 11.3 Å². The summed E-state index contributed by atoms with van der Waals surface area (Å²) in [6.45, 7) is 3.79. The number of halogens is 1. The number of anilines is 2. The maximum atomic E-state index is 12.9. The van der Waals surface area contributed by atoms with E-state index in [9.17, 15) is 4.79 Å². The van der Waals surface area contributed by atoms with Gasteiger partial charge in [-0.2, -0.15) is 0 Å². The van der Waals surface area contributed by atoms with E-state index in [1.165, 1.54) is 0 Å². The average molecular weight is 353 g/mol. The number of rotatable bonds is 4. The zero-order valence-corrected chi connectivity index (χ0v) is 15.0. The van der Waals surface area contributed by atoms with Crippen molar-refractivity contribution in [3.8, 4) is 0 Å². The highest BCUT2D eigenvalue weighted by molar-refractivity contribution is 6.28. The van der Waals surface area contributed by atoms with Gasteiger partial charge in [0.2, 0.25) is 0 Å². The summed E-state index contributed by atoms with van der Waals surface area (Å²) in [7, 11) is 0. The molecule has 0 amide bonds. The number of nitrogens with one attached hydrogen (secondary N) is 1. The Morgan fingerprint density at radius 1 is 1.16 bits per heavy atom. The van der Waals surface area contributed by atoms with Crippen molar-refractivity contribution in [3.63, 3.8) is 0 Å². The molecule has 128 valence electrons. The van der Waals surface area contributed by atoms with Gasteiger partial charge in [-0.25, -0.2) is 0 Å². The standard InChI is InChI=1S/C21H21ClN2O/c1-14-7-3-4-8-16(14)20(25)17-12-11-15(13-21(17,2)22)24-19-10-6-5-9-18(19)23/h3-13,17,24H,23H2,1-2H3. The number of carbonyl (C=O) groups is 1. The molecule has 0 aliphatic heterocycles. The molecule has 0 heterocycles. The Balaban J connectivity index is 1.84. The monoisotopic (exact) mass is 352 g/mol. The summed E-state index contributed by atoms with van der Waals surface area (Å²) in [5.74, 6) is -0.393. The van der Waals surface area contributed by atoms with Crippen LogP contribution in [0.15, 0.2) is 72.5 Å². The Kier molecular flexibility index (Phi) is 4.69. The van der Waals surface area contributed by atoms with Gasteiger partial charge in [-0.1, -0.05) is 42.5 Å². The van der Waals surface area contributed by atoms with Crippen LogP contribution in [0.5, 0.6) is 0 Å². The van der Waals surface area contributed by atoms with Gasteiger partial charge in [0.1, 0.15) is 0 Å². The van der Waals surface area contributed by atoms with E-state index < -0.39 is 10.8 Å². The lowest BCUT2D eigenvalue weighted by Crippen LogP contribution is -2.34. The lowest BCUT2D eigenvalue weighted by molar-refractivity contribution is 0.0932. The summed E-state index contributed by atoms with van der Waals surface area (Å²) in [4.78, 5) is 12.1. The third-order valence-corrected chi connectivity index (χ3v) is 4.79. The first-order valence-corrected chi connectivity index (χ1v) is 8.57. The minimum atomic E-state index is -0.819. The molecular weight excluding hydrogens is 332 g/mol. The van der Waals surface area contributed by atoms with Crippen LogP contribution < -0.4 is 11.1 Å². The third-order valence-electron chi connectivity index (χ3n) is 4.45. The number of allylic oxidation sites excluding steroid dienone is 3. The van der Waals surface area contributed by atoms with Gasteiger partial charge in [0.05, 0.1) is 22.2 Å². The van der Waals surface area contributed by atoms with Crippen LogP contribution in [0.3, 0.4) is 0 Å². The van der Waals surface area contributed by atoms with E-state index in [4.69, 9.17) is 17.3 Å². The molecule has 0 fully saturated rings. The first-order valence-electron chi connectivity index (χ1n) is 8.20. The smallest absolute Gasteiger partial charge is 0.172 e. The van der Waals surface area contributed by atoms with Crippen LogP contribution in [-0.2, 0) is 0 Å². The maximum absolute atomic E-state index is 12.9. The van der Waals surface area contributed by atoms with Crippen LogP contribution in [0.4, 0.5) is 11.4 Å². The van der Waals surface area contributed by atoms with Crippen molar-refractivity contribution in [2.24, 2.45) is 5.92 Å². The molecule has 1 aliphatic carbocycles. The molecule has 3 nitrogen and oxygen atoms in total. The molecule has 3 N–H and O–H groups in total. The Morgan fingerprint density at radius 3 is 2.52 bits per heavy atom. The summed E-state index contributed by atoms with van der Waals surface area (Å²) in [5, 5.41) is 3.27. The second kappa shape index (κ2) is 6.77. The molecule has 0 spiro atoms. The van der Waals surface area contributed by atoms with Crippen LogP contribution in [0.2, 0.25) is 0 Å². The number of carbonyl (C=O) groups excluding carboxylic acids is 1. The lowest BCUT2D eigenvalue weighted by Gasteiger charge is -2.30. The second-order valence-corrected chi connectivity index (χ2v) is 7.29. The number of benzene rings is 2. The molecule has 3 rings (SSSR count). The molecule has 4 heteroatoms. The van der Waals surface area contributed by atoms with Gasteiger partial charge in [0.15, 0.2) is 5.78 Å². The van der Waals surface area contributed by atoms with Gasteiger partial charge in [-0.3, -0.25) is 4.79 Å². The molecule has 0 bridgehead atoms. The number of ketones is 1. The average Bonchev–Trinajstić information content (AvgIpc) is 2.56. The summed E-state index contributed by atoms with van der Waals surface area (Å²) in [6, 6.07) is 15.1. The fourth-order valence-electron chi connectivity index (χ4n) is 3.03. The lowest BCUT2D eigenvalue weighted by atomic mass is 9.81. The molecule has 25 heavy (non-hydrogen) atoms. The summed E-state index contributed by atoms with van der Waals surface area (Å²) in [5.41, 5.74) is 9.94. The van der Waals surface area contributed by atoms with E-state index in [0.717, 1.165) is 16.9 Å². The number of para-hydroxylation sites is 2. The maximum Gasteiger partial charge on any atom is 0.172 e. The highest BCUT2D eigenvalue weighted by Crippen LogP contribution is 2.36. The zero-order valence-electron chi connectivity index (χ0n) is 14.3. The predicted octanol–water partition coefficient (Wildman–Crippen LogP) is 4.94. The fourth-order valence-corrected chi connectivity index (χ4v) is 3.32. The van der Waals surface area contributed by atoms with Gasteiger partial charge in [0.25, 0.3) is 0 Å². The van der Waals surface area contributed by atoms with E-state index in [0.29, 0.717) is 11.3 Å². The van der Waals surface area contributed by atoms with E-state index in [1.54, 1.807) is 0 Å². The van der Waals surface area contributed by atoms with Crippen LogP contribution in [0.1, 0.15) is 22.8 Å². The quantitative estimate of drug-likeness (QED) is 0.465. The number of aryl methyl sites for hydroxylation is 1. The van der Waals surface area contributed by atoms with Crippen molar-refractivity contribution in [2.75, 3.05) is 11.1 Å². The van der Waals surface area contributed by atoms with Crippen LogP contribution >= 0.6 is 11.6 Å². The molecule has 2 aromatic rings. The second-order valence-electron chi connectivity index (χ2n) is 6.48. The van der Waals surface area contributed by atoms with E-state index >= 15 is 0 Å². The van der Waals surface area contributed by atoms with E-state index in [2.05, 4.69) is 5.32 Å². The van der Waals surface area contributed by atoms with Crippen molar-refractivity contribution in [1.82, 2.24) is 0 Å². The van der Waals surface area contributed by atoms with Crippen molar-refractivity contribution in [1.29, 1.82) is 0 Å². The van der Waals surface area contributed by atoms with Gasteiger partial charge in [-0.15, -0.1) is 11.6 Å². The highest BCUT2D eigenvalue weighted by atomic mass is 35.5. The molecule has 2 atom stereocenters. The first-order chi connectivity index (χ1) is 11.9. The number of Topliss-reactive ketones (excluding diaryl/α,β-unsaturated/α-hetero) is 1. The summed E-state index contributed by atoms with van der Waals surface area (Å²) in [6.07, 6.45) is 5.63. The normalized spacial score (nSPS) is 22.4. The summed E-state index contributed by atoms with van der Waals surface area (Å²) < 4.78 is 0. The Hall–Kier alpha value is -2.52. The molecule has 0 radical (unpaired) electrons. The Bertz CT molecular complexity index is 868. The minimum absolute atomic E-state index is 0.0291. The number of hydrogen-bond acceptors (Lipinski definition) is 3. The molecule has 0 saturated carbocycles. The molecule has 2 aromatic carbocycles. The highest BCUT2D eigenvalue weighted by Gasteiger charge is 2.37. The number of nitrogens with two attached hydrogens (primary N) is 1. The number of nitrogen functional groups attached to an aromatic ring is 1. The topological polar surface area (TPSA) is 55.1 Å². The van der Waals surface area contributed by atoms with Gasteiger partial charge < -0.3 is 11.1 Å². The zero-order chi connectivity index (χ0) is 18.0. The van der Waals surface area contributed by atoms with Crippen molar-refractivity contribution in [2.45, 2.75) is 18.7 Å². The SMILES string of the molecule is Cc1ccccc1C(=O)C1C=CC(Nc2ccccc2N)=CC1(C)Cl. The molecule has 1 aliphatic rings. The summed E-state index contributed by atoms with van der Waals surface area (Å²) >= 11 is 6.72. The van der Waals surface area contributed by atoms with Crippen LogP contribution in [0.25, 0.3) is 0 Å². The molecule has 2 unspecified atom stereocenters. The van der Waals surface area contributed by atoms with Crippen molar-refractivity contribution >= 4 is 28.8 Å². The van der Waals surface area contributed by atoms with E-state index in [-0.39, 0.29) is 5.78 Å². The number of hydrogen-bond donors (Lipinski definition) is 2. The minimum Gasteiger partial charge on any atom is -0.397 e. The fraction of sp³-hybridized carbons (Fsp3) is 0.190. The molecule has 0 aromatic heterocycles. The Morgan fingerprint density at radius 2 is 1.84 bits per heavy atom. The van der Waals surface area contributed by atoms with Crippen molar-refractivity contribution < 1.29 is 4.79 Å². The molecular formula is C21H21ClN2O. The number of alkyl halides is 1. The third kappa shape index (κ3) is 3.62. The first kappa shape index (κ1) is 17.3. The van der Waals surface area contributed by atoms with Gasteiger partial charge in [-0.05, 0) is 43.7 Å². The Labute approximate surface area is 153 Å². The van der Waals surface area contributed by atoms with Crippen LogP contribution in [0, 0.1) is 12.8 Å². The van der Waals surface area contributed by atoms with Crippen molar-refractivity contribution in [3.05, 3.63) is 83.6 Å². The van der Waals surface area contributed by atoms with E-state index in [1.807, 2.05) is 80.6 Å². The molecule has 0 saturated heterocycles. The van der Waals surface area contributed by atoms with Gasteiger partial charge >= 0.3 is 0 Å². The largest absolute Gasteiger partial charge is 0.397 e. The van der Waals surface area contributed by atoms with Crippen LogP contribution in [-0.4, -0.2) is 10.7 Å². The predicted molar refractivity (Wildman–Crippen MR) is 105 cm³/mol.